The standard InChI is InChI=1S/C21H27NO3/c1-5-25-20(24)18-13(2)22-17-12-21(3,4)11-10-16(17)19(18)14-6-8-15(23)9-7-14/h6-9,19,22-23H,5,10-12H2,1-4H3. The number of nitrogens with one attached hydrogen (secondary N) is 1. The van der Waals surface area contributed by atoms with Crippen LogP contribution in [-0.2, 0) is 9.53 Å². The Balaban J connectivity index is 2.10. The van der Waals surface area contributed by atoms with E-state index in [1.807, 2.05) is 26.0 Å². The number of dihydropyridines is 1. The number of rotatable bonds is 3. The lowest BCUT2D eigenvalue weighted by molar-refractivity contribution is -0.138. The van der Waals surface area contributed by atoms with Crippen LogP contribution in [0.1, 0.15) is 58.4 Å². The summed E-state index contributed by atoms with van der Waals surface area (Å²) in [6.45, 7) is 8.71. The first-order valence-electron chi connectivity index (χ1n) is 8.98. The molecule has 0 saturated carbocycles. The molecular formula is C21H27NO3. The Morgan fingerprint density at radius 1 is 1.32 bits per heavy atom. The Bertz CT molecular complexity index is 741. The van der Waals surface area contributed by atoms with Crippen LogP contribution >= 0.6 is 0 Å². The van der Waals surface area contributed by atoms with Crippen LogP contribution in [0.15, 0.2) is 46.8 Å². The highest BCUT2D eigenvalue weighted by atomic mass is 16.5. The third kappa shape index (κ3) is 3.44. The second-order valence-corrected chi connectivity index (χ2v) is 7.75. The van der Waals surface area contributed by atoms with Gasteiger partial charge in [0.1, 0.15) is 5.75 Å². The molecule has 1 aliphatic heterocycles. The third-order valence-corrected chi connectivity index (χ3v) is 5.22. The van der Waals surface area contributed by atoms with Crippen LogP contribution < -0.4 is 5.32 Å². The summed E-state index contributed by atoms with van der Waals surface area (Å²) in [6, 6.07) is 7.18. The molecule has 0 saturated heterocycles. The van der Waals surface area contributed by atoms with E-state index in [0.29, 0.717) is 12.2 Å². The van der Waals surface area contributed by atoms with Crippen molar-refractivity contribution < 1.29 is 14.6 Å². The fourth-order valence-electron chi connectivity index (χ4n) is 3.95. The summed E-state index contributed by atoms with van der Waals surface area (Å²) in [4.78, 5) is 12.7. The van der Waals surface area contributed by atoms with Gasteiger partial charge in [-0.2, -0.15) is 0 Å². The Morgan fingerprint density at radius 3 is 2.64 bits per heavy atom. The number of hydrogen-bond donors (Lipinski definition) is 2. The number of esters is 1. The molecule has 3 rings (SSSR count). The van der Waals surface area contributed by atoms with Gasteiger partial charge in [0.2, 0.25) is 0 Å². The van der Waals surface area contributed by atoms with Crippen molar-refractivity contribution in [2.45, 2.75) is 52.9 Å². The maximum absolute atomic E-state index is 12.7. The van der Waals surface area contributed by atoms with Gasteiger partial charge in [0.25, 0.3) is 0 Å². The van der Waals surface area contributed by atoms with Crippen molar-refractivity contribution in [1.29, 1.82) is 0 Å². The van der Waals surface area contributed by atoms with Gasteiger partial charge in [-0.1, -0.05) is 26.0 Å². The maximum atomic E-state index is 12.7. The van der Waals surface area contributed by atoms with Crippen LogP contribution in [0.25, 0.3) is 0 Å². The van der Waals surface area contributed by atoms with Gasteiger partial charge in [0, 0.05) is 17.3 Å². The summed E-state index contributed by atoms with van der Waals surface area (Å²) < 4.78 is 5.34. The van der Waals surface area contributed by atoms with Gasteiger partial charge in [-0.15, -0.1) is 0 Å². The van der Waals surface area contributed by atoms with Gasteiger partial charge < -0.3 is 15.2 Å². The van der Waals surface area contributed by atoms with Gasteiger partial charge in [-0.05, 0) is 61.8 Å². The lowest BCUT2D eigenvalue weighted by atomic mass is 9.69. The number of hydrogen-bond acceptors (Lipinski definition) is 4. The molecule has 2 aliphatic rings. The molecule has 25 heavy (non-hydrogen) atoms. The molecule has 134 valence electrons. The summed E-state index contributed by atoms with van der Waals surface area (Å²) in [5.41, 5.74) is 5.35. The highest BCUT2D eigenvalue weighted by Gasteiger charge is 2.38. The number of carbonyl (C=O) groups is 1. The van der Waals surface area contributed by atoms with E-state index in [9.17, 15) is 9.90 Å². The van der Waals surface area contributed by atoms with E-state index in [2.05, 4.69) is 19.2 Å². The van der Waals surface area contributed by atoms with Crippen LogP contribution in [0.3, 0.4) is 0 Å². The van der Waals surface area contributed by atoms with E-state index >= 15 is 0 Å². The van der Waals surface area contributed by atoms with Crippen LogP contribution in [0.5, 0.6) is 5.75 Å². The minimum absolute atomic E-state index is 0.105. The Hall–Kier alpha value is -2.23. The zero-order chi connectivity index (χ0) is 18.2. The van der Waals surface area contributed by atoms with E-state index < -0.39 is 0 Å². The van der Waals surface area contributed by atoms with Crippen molar-refractivity contribution in [2.75, 3.05) is 6.61 Å². The molecule has 2 N–H and O–H groups in total. The summed E-state index contributed by atoms with van der Waals surface area (Å²) in [5, 5.41) is 13.1. The number of carbonyl (C=O) groups excluding carboxylic acids is 1. The van der Waals surface area contributed by atoms with E-state index in [-0.39, 0.29) is 23.1 Å². The van der Waals surface area contributed by atoms with Crippen molar-refractivity contribution in [1.82, 2.24) is 5.32 Å². The molecule has 1 aromatic rings. The van der Waals surface area contributed by atoms with E-state index in [1.165, 1.54) is 11.3 Å². The lowest BCUT2D eigenvalue weighted by Crippen LogP contribution is -2.34. The van der Waals surface area contributed by atoms with Crippen molar-refractivity contribution in [3.8, 4) is 5.75 Å². The van der Waals surface area contributed by atoms with Crippen LogP contribution in [0.2, 0.25) is 0 Å². The lowest BCUT2D eigenvalue weighted by Gasteiger charge is -2.40. The van der Waals surface area contributed by atoms with Crippen LogP contribution in [0, 0.1) is 5.41 Å². The van der Waals surface area contributed by atoms with Gasteiger partial charge >= 0.3 is 5.97 Å². The second kappa shape index (κ2) is 6.58. The molecule has 0 bridgehead atoms. The molecule has 0 spiro atoms. The summed E-state index contributed by atoms with van der Waals surface area (Å²) in [7, 11) is 0. The minimum atomic E-state index is -0.262. The smallest absolute Gasteiger partial charge is 0.336 e. The SMILES string of the molecule is CCOC(=O)C1=C(C)NC2=C(CCC(C)(C)C2)C1c1ccc(O)cc1. The van der Waals surface area contributed by atoms with Gasteiger partial charge in [0.05, 0.1) is 12.2 Å². The average Bonchev–Trinajstić information content (AvgIpc) is 2.53. The molecule has 4 heteroatoms. The van der Waals surface area contributed by atoms with Gasteiger partial charge in [-0.3, -0.25) is 0 Å². The third-order valence-electron chi connectivity index (χ3n) is 5.22. The van der Waals surface area contributed by atoms with E-state index in [1.54, 1.807) is 12.1 Å². The van der Waals surface area contributed by atoms with Crippen molar-refractivity contribution in [2.24, 2.45) is 5.41 Å². The Labute approximate surface area is 149 Å². The molecule has 1 unspecified atom stereocenters. The molecule has 1 aliphatic carbocycles. The Kier molecular flexibility index (Phi) is 4.63. The number of aromatic hydroxyl groups is 1. The van der Waals surface area contributed by atoms with Crippen LogP contribution in [-0.4, -0.2) is 17.7 Å². The van der Waals surface area contributed by atoms with Gasteiger partial charge in [0.15, 0.2) is 0 Å². The summed E-state index contributed by atoms with van der Waals surface area (Å²) >= 11 is 0. The quantitative estimate of drug-likeness (QED) is 0.801. The first-order valence-corrected chi connectivity index (χ1v) is 8.98. The fraction of sp³-hybridized carbons (Fsp3) is 0.476. The Morgan fingerprint density at radius 2 is 2.00 bits per heavy atom. The molecule has 4 nitrogen and oxygen atoms in total. The number of phenols is 1. The number of ether oxygens (including phenoxy) is 1. The van der Waals surface area contributed by atoms with Crippen LogP contribution in [0.4, 0.5) is 0 Å². The number of allylic oxidation sites excluding steroid dienone is 3. The first kappa shape index (κ1) is 17.6. The monoisotopic (exact) mass is 341 g/mol. The number of benzene rings is 1. The van der Waals surface area contributed by atoms with Crippen molar-refractivity contribution in [3.05, 3.63) is 52.4 Å². The molecule has 1 heterocycles. The fourth-order valence-corrected chi connectivity index (χ4v) is 3.95. The highest BCUT2D eigenvalue weighted by Crippen LogP contribution is 2.48. The summed E-state index contributed by atoms with van der Waals surface area (Å²) in [6.07, 6.45) is 3.03. The largest absolute Gasteiger partial charge is 0.508 e. The van der Waals surface area contributed by atoms with Gasteiger partial charge in [-0.25, -0.2) is 4.79 Å². The van der Waals surface area contributed by atoms with Crippen molar-refractivity contribution >= 4 is 5.97 Å². The zero-order valence-corrected chi connectivity index (χ0v) is 15.5. The molecule has 0 amide bonds. The molecule has 0 fully saturated rings. The van der Waals surface area contributed by atoms with E-state index in [0.717, 1.165) is 30.5 Å². The highest BCUT2D eigenvalue weighted by molar-refractivity contribution is 5.92. The molecule has 1 aromatic carbocycles. The second-order valence-electron chi connectivity index (χ2n) is 7.75. The van der Waals surface area contributed by atoms with E-state index in [4.69, 9.17) is 4.74 Å². The molecule has 0 radical (unpaired) electrons. The van der Waals surface area contributed by atoms with Crippen molar-refractivity contribution in [3.63, 3.8) is 0 Å². The predicted molar refractivity (Wildman–Crippen MR) is 98.0 cm³/mol. The number of phenolic OH excluding ortho intramolecular Hbond substituents is 1. The molecular weight excluding hydrogens is 314 g/mol. The maximum Gasteiger partial charge on any atom is 0.336 e. The predicted octanol–water partition coefficient (Wildman–Crippen LogP) is 4.38. The first-order chi connectivity index (χ1) is 11.8. The zero-order valence-electron chi connectivity index (χ0n) is 15.5. The minimum Gasteiger partial charge on any atom is -0.508 e. The molecule has 0 aromatic heterocycles. The molecule has 1 atom stereocenters. The summed E-state index contributed by atoms with van der Waals surface area (Å²) in [5.74, 6) is -0.135. The average molecular weight is 341 g/mol. The topological polar surface area (TPSA) is 58.6 Å². The normalized spacial score (nSPS) is 22.3.